The molecule has 304 valence electrons. The van der Waals surface area contributed by atoms with Gasteiger partial charge in [0.2, 0.25) is 11.6 Å². The summed E-state index contributed by atoms with van der Waals surface area (Å²) in [6, 6.07) is 38.7. The zero-order valence-electron chi connectivity index (χ0n) is 33.9. The number of ketones is 2. The van der Waals surface area contributed by atoms with E-state index in [1.165, 1.54) is 12.8 Å². The summed E-state index contributed by atoms with van der Waals surface area (Å²) >= 11 is 0. The number of piperidine rings is 2. The van der Waals surface area contributed by atoms with Gasteiger partial charge in [0.15, 0.2) is 0 Å². The Morgan fingerprint density at radius 1 is 0.448 bits per heavy atom. The van der Waals surface area contributed by atoms with Crippen molar-refractivity contribution in [1.82, 2.24) is 0 Å². The number of quaternary nitrogens is 2. The molecule has 0 amide bonds. The highest BCUT2D eigenvalue weighted by molar-refractivity contribution is 5.97. The summed E-state index contributed by atoms with van der Waals surface area (Å²) in [5, 5.41) is 0. The second-order valence-electron chi connectivity index (χ2n) is 17.0. The Labute approximate surface area is 344 Å². The molecule has 0 atom stereocenters. The fourth-order valence-electron chi connectivity index (χ4n) is 10.2. The van der Waals surface area contributed by atoms with Gasteiger partial charge in [-0.2, -0.15) is 0 Å². The smallest absolute Gasteiger partial charge is 0.310 e. The minimum Gasteiger partial charge on any atom is -0.465 e. The van der Waals surface area contributed by atoms with Crippen LogP contribution in [0.2, 0.25) is 0 Å². The Morgan fingerprint density at radius 3 is 1.12 bits per heavy atom. The quantitative estimate of drug-likeness (QED) is 0.0436. The topological polar surface area (TPSA) is 86.7 Å². The monoisotopic (exact) mass is 784 g/mol. The lowest BCUT2D eigenvalue weighted by Crippen LogP contribution is -2.55. The molecule has 2 aliphatic heterocycles. The van der Waals surface area contributed by atoms with Crippen LogP contribution in [0.5, 0.6) is 0 Å². The number of benzene rings is 4. The van der Waals surface area contributed by atoms with E-state index in [0.29, 0.717) is 25.9 Å². The van der Waals surface area contributed by atoms with E-state index in [1.807, 2.05) is 121 Å². The number of carbonyl (C=O) groups excluding carboxylic acids is 4. The highest BCUT2D eigenvalue weighted by Crippen LogP contribution is 2.58. The molecule has 0 aromatic heterocycles. The Kier molecular flexibility index (Phi) is 14.0. The minimum atomic E-state index is -0.550. The van der Waals surface area contributed by atoms with Crippen molar-refractivity contribution in [2.45, 2.75) is 63.2 Å². The summed E-state index contributed by atoms with van der Waals surface area (Å²) in [7, 11) is 0. The standard InChI is InChI=1S/C50H60N2O6/c53-43(39-21-7-1-8-22-39)37-51(29-15-5-16-30-51)33-19-35-57-49(55)47-45(41-25-11-3-12-26-41)48(46(47)42-27-13-4-14-28-42)50(56)58-36-20-34-52(31-17-6-18-32-52)38-44(54)40-23-9-2-10-24-40/h1-4,7-14,21-28,45-48H,5-6,15-20,29-38H2/q+2. The van der Waals surface area contributed by atoms with Crippen molar-refractivity contribution in [3.8, 4) is 0 Å². The maximum absolute atomic E-state index is 14.3. The van der Waals surface area contributed by atoms with Gasteiger partial charge in [0.05, 0.1) is 64.3 Å². The van der Waals surface area contributed by atoms with Gasteiger partial charge in [-0.3, -0.25) is 19.2 Å². The van der Waals surface area contributed by atoms with Gasteiger partial charge in [0.25, 0.3) is 0 Å². The molecule has 0 N–H and O–H groups in total. The van der Waals surface area contributed by atoms with E-state index in [0.717, 1.165) is 96.2 Å². The summed E-state index contributed by atoms with van der Waals surface area (Å²) in [5.74, 6) is -2.15. The Hall–Kier alpha value is -4.92. The van der Waals surface area contributed by atoms with Crippen molar-refractivity contribution in [2.75, 3.05) is 65.6 Å². The predicted molar refractivity (Wildman–Crippen MR) is 225 cm³/mol. The van der Waals surface area contributed by atoms with Crippen molar-refractivity contribution < 1.29 is 37.6 Å². The number of hydrogen-bond donors (Lipinski definition) is 0. The first kappa shape index (κ1) is 41.2. The number of likely N-dealkylation sites (tertiary alicyclic amines) is 2. The molecule has 0 unspecified atom stereocenters. The summed E-state index contributed by atoms with van der Waals surface area (Å²) in [6.07, 6.45) is 8.04. The molecule has 4 aromatic rings. The molecule has 7 rings (SSSR count). The van der Waals surface area contributed by atoms with Crippen molar-refractivity contribution >= 4 is 23.5 Å². The molecule has 58 heavy (non-hydrogen) atoms. The number of hydrogen-bond acceptors (Lipinski definition) is 6. The fourth-order valence-corrected chi connectivity index (χ4v) is 10.2. The van der Waals surface area contributed by atoms with Crippen LogP contribution in [-0.4, -0.2) is 98.0 Å². The molecule has 4 aromatic carbocycles. The molecular weight excluding hydrogens is 725 g/mol. The third-order valence-corrected chi connectivity index (χ3v) is 13.2. The van der Waals surface area contributed by atoms with Gasteiger partial charge < -0.3 is 18.4 Å². The average molecular weight is 785 g/mol. The minimum absolute atomic E-state index is 0.161. The molecule has 1 saturated carbocycles. The molecule has 2 saturated heterocycles. The third kappa shape index (κ3) is 10.0. The zero-order chi connectivity index (χ0) is 40.2. The molecule has 1 aliphatic carbocycles. The average Bonchev–Trinajstić information content (AvgIpc) is 3.26. The van der Waals surface area contributed by atoms with Crippen LogP contribution in [0, 0.1) is 11.8 Å². The van der Waals surface area contributed by atoms with Crippen LogP contribution >= 0.6 is 0 Å². The molecule has 0 spiro atoms. The van der Waals surface area contributed by atoms with Gasteiger partial charge >= 0.3 is 11.9 Å². The van der Waals surface area contributed by atoms with Crippen molar-refractivity contribution in [3.63, 3.8) is 0 Å². The number of Topliss-reactive ketones (excluding diaryl/α,β-unsaturated/α-hetero) is 2. The highest BCUT2D eigenvalue weighted by Gasteiger charge is 2.59. The molecule has 0 bridgehead atoms. The molecule has 8 nitrogen and oxygen atoms in total. The Balaban J connectivity index is 1.01. The van der Waals surface area contributed by atoms with E-state index in [2.05, 4.69) is 0 Å². The Bertz CT molecular complexity index is 1790. The van der Waals surface area contributed by atoms with Gasteiger partial charge in [0.1, 0.15) is 13.1 Å². The van der Waals surface area contributed by atoms with E-state index in [4.69, 9.17) is 9.47 Å². The van der Waals surface area contributed by atoms with Crippen molar-refractivity contribution in [1.29, 1.82) is 0 Å². The number of rotatable bonds is 18. The SMILES string of the molecule is O=C(C[N+]1(CCCOC(=O)C2C(c3ccccc3)C(C(=O)OCCC[N+]3(CC(=O)c4ccccc4)CCCCC3)C2c2ccccc2)CCCCC1)c1ccccc1. The predicted octanol–water partition coefficient (Wildman–Crippen LogP) is 8.43. The second-order valence-corrected chi connectivity index (χ2v) is 17.0. The first-order chi connectivity index (χ1) is 28.4. The first-order valence-electron chi connectivity index (χ1n) is 21.7. The van der Waals surface area contributed by atoms with Crippen molar-refractivity contribution in [3.05, 3.63) is 144 Å². The lowest BCUT2D eigenvalue weighted by molar-refractivity contribution is -0.924. The van der Waals surface area contributed by atoms with Gasteiger partial charge in [-0.25, -0.2) is 0 Å². The summed E-state index contributed by atoms with van der Waals surface area (Å²) in [4.78, 5) is 55.2. The maximum atomic E-state index is 14.3. The second kappa shape index (κ2) is 19.7. The normalized spacial score (nSPS) is 22.2. The summed E-state index contributed by atoms with van der Waals surface area (Å²) in [6.45, 7) is 6.82. The number of nitrogens with zero attached hydrogens (tertiary/aromatic N) is 2. The summed E-state index contributed by atoms with van der Waals surface area (Å²) < 4.78 is 13.7. The van der Waals surface area contributed by atoms with E-state index >= 15 is 0 Å². The van der Waals surface area contributed by atoms with Crippen LogP contribution in [0.25, 0.3) is 0 Å². The lowest BCUT2D eigenvalue weighted by atomic mass is 9.52. The van der Waals surface area contributed by atoms with Crippen LogP contribution in [0.3, 0.4) is 0 Å². The van der Waals surface area contributed by atoms with Crippen LogP contribution in [0.15, 0.2) is 121 Å². The molecular formula is C50H60N2O6+2. The Morgan fingerprint density at radius 2 is 0.776 bits per heavy atom. The van der Waals surface area contributed by atoms with Crippen LogP contribution in [0.1, 0.15) is 95.0 Å². The fraction of sp³-hybridized carbons (Fsp3) is 0.440. The van der Waals surface area contributed by atoms with E-state index in [9.17, 15) is 19.2 Å². The van der Waals surface area contributed by atoms with Crippen molar-refractivity contribution in [2.24, 2.45) is 11.8 Å². The van der Waals surface area contributed by atoms with Gasteiger partial charge in [-0.05, 0) is 49.7 Å². The lowest BCUT2D eigenvalue weighted by Gasteiger charge is -2.49. The largest absolute Gasteiger partial charge is 0.465 e. The first-order valence-corrected chi connectivity index (χ1v) is 21.7. The van der Waals surface area contributed by atoms with Crippen LogP contribution in [-0.2, 0) is 19.1 Å². The molecule has 2 heterocycles. The number of carbonyl (C=O) groups is 4. The molecule has 8 heteroatoms. The van der Waals surface area contributed by atoms with Gasteiger partial charge in [-0.1, -0.05) is 121 Å². The highest BCUT2D eigenvalue weighted by atomic mass is 16.5. The summed E-state index contributed by atoms with van der Waals surface area (Å²) in [5.41, 5.74) is 3.34. The van der Waals surface area contributed by atoms with Gasteiger partial charge in [-0.15, -0.1) is 0 Å². The zero-order valence-corrected chi connectivity index (χ0v) is 33.9. The van der Waals surface area contributed by atoms with E-state index in [1.54, 1.807) is 0 Å². The van der Waals surface area contributed by atoms with E-state index < -0.39 is 11.8 Å². The molecule has 3 fully saturated rings. The third-order valence-electron chi connectivity index (χ3n) is 13.2. The number of ether oxygens (including phenoxy) is 2. The van der Waals surface area contributed by atoms with Crippen LogP contribution in [0.4, 0.5) is 0 Å². The van der Waals surface area contributed by atoms with Crippen LogP contribution < -0.4 is 0 Å². The molecule has 0 radical (unpaired) electrons. The van der Waals surface area contributed by atoms with Gasteiger partial charge in [0, 0.05) is 35.8 Å². The molecule has 3 aliphatic rings. The maximum Gasteiger partial charge on any atom is 0.310 e. The number of esters is 2. The van der Waals surface area contributed by atoms with E-state index in [-0.39, 0.29) is 48.6 Å².